The maximum Gasteiger partial charge on any atom is 0.326 e. The van der Waals surface area contributed by atoms with E-state index in [0.717, 1.165) is 51.4 Å². The van der Waals surface area contributed by atoms with E-state index in [-0.39, 0.29) is 147 Å². The molecular formula is C61H102N8O20. The van der Waals surface area contributed by atoms with Crippen LogP contribution in [0.5, 0.6) is 0 Å². The quantitative estimate of drug-likeness (QED) is 0.0410. The Kier molecular flexibility index (Phi) is 47.0. The third-order valence-electron chi connectivity index (χ3n) is 14.6. The summed E-state index contributed by atoms with van der Waals surface area (Å²) in [4.78, 5) is 152. The summed E-state index contributed by atoms with van der Waals surface area (Å²) in [5.41, 5.74) is 12.2. The fourth-order valence-electron chi connectivity index (χ4n) is 9.37. The van der Waals surface area contributed by atoms with Gasteiger partial charge in [0.05, 0.1) is 51.3 Å². The molecule has 0 aliphatic carbocycles. The highest BCUT2D eigenvalue weighted by molar-refractivity contribution is 5.88. The van der Waals surface area contributed by atoms with Crippen molar-refractivity contribution in [3.05, 3.63) is 18.2 Å². The molecule has 5 amide bonds. The molecule has 13 N–H and O–H groups in total. The number of hydrogen-bond acceptors (Lipinski definition) is 18. The number of carbonyl (C=O) groups excluding carboxylic acids is 8. The van der Waals surface area contributed by atoms with Crippen LogP contribution >= 0.6 is 0 Å². The Balaban J connectivity index is 2.09. The van der Waals surface area contributed by atoms with E-state index in [9.17, 15) is 72.9 Å². The molecule has 1 aromatic rings. The number of unbranched alkanes of at least 4 members (excludes halogenated alkanes) is 14. The molecular weight excluding hydrogens is 1160 g/mol. The standard InChI is InChI=1S/C61H102N8O20/c62-49(39-46-40-64-43-67-46)52(72)27-22-44(58(63)79)18-15-16-30-65-53(73)29-26-51(61(84)85)69-55(75)28-23-45(59(80)81)38-48(71)41-88-36-35-87-33-31-66-56(76)42-89-37-34-86-32-17-19-47(70)24-25-50(60(82)83)68-54(74)20-13-11-9-7-5-3-1-2-4-6-8-10-12-14-21-57(77)78/h40,43-45,49-51H,1-39,41-42,62H2,(H2,63,79)(H,64,67)(H,65,73)(H,66,76)(H,68,74)(H,69,75)(H,77,78)(H,80,81)(H,82,83)(H,84,85)/t44-,45-,49+,50+,51+/m1/s1. The lowest BCUT2D eigenvalue weighted by Gasteiger charge is -2.16. The molecule has 28 heteroatoms. The van der Waals surface area contributed by atoms with Gasteiger partial charge < -0.3 is 77.1 Å². The second kappa shape index (κ2) is 52.1. The third kappa shape index (κ3) is 46.1. The van der Waals surface area contributed by atoms with Crippen molar-refractivity contribution in [2.75, 3.05) is 65.9 Å². The molecule has 0 aliphatic rings. The van der Waals surface area contributed by atoms with Gasteiger partial charge in [0.25, 0.3) is 0 Å². The normalized spacial score (nSPS) is 12.9. The van der Waals surface area contributed by atoms with Crippen LogP contribution in [0.3, 0.4) is 0 Å². The van der Waals surface area contributed by atoms with Crippen molar-refractivity contribution < 1.29 is 96.9 Å². The van der Waals surface area contributed by atoms with Crippen LogP contribution < -0.4 is 32.7 Å². The number of hydrogen-bond donors (Lipinski definition) is 11. The molecule has 5 atom stereocenters. The van der Waals surface area contributed by atoms with Gasteiger partial charge in [0.15, 0.2) is 5.78 Å². The van der Waals surface area contributed by atoms with Crippen LogP contribution in [0.4, 0.5) is 0 Å². The number of primary amides is 1. The molecule has 0 saturated heterocycles. The van der Waals surface area contributed by atoms with Crippen LogP contribution in [0.2, 0.25) is 0 Å². The molecule has 0 aromatic carbocycles. The van der Waals surface area contributed by atoms with Crippen molar-refractivity contribution in [3.63, 3.8) is 0 Å². The number of nitrogens with zero attached hydrogens (tertiary/aromatic N) is 1. The Morgan fingerprint density at radius 3 is 1.54 bits per heavy atom. The van der Waals surface area contributed by atoms with E-state index in [1.54, 1.807) is 6.20 Å². The Morgan fingerprint density at radius 1 is 0.461 bits per heavy atom. The van der Waals surface area contributed by atoms with E-state index >= 15 is 0 Å². The Labute approximate surface area is 521 Å². The van der Waals surface area contributed by atoms with Crippen molar-refractivity contribution >= 4 is 70.8 Å². The molecule has 0 spiro atoms. The van der Waals surface area contributed by atoms with Gasteiger partial charge in [-0.15, -0.1) is 0 Å². The first-order valence-electron chi connectivity index (χ1n) is 31.6. The first-order chi connectivity index (χ1) is 42.7. The van der Waals surface area contributed by atoms with Gasteiger partial charge in [0, 0.05) is 95.3 Å². The van der Waals surface area contributed by atoms with Crippen molar-refractivity contribution in [3.8, 4) is 0 Å². The van der Waals surface area contributed by atoms with Gasteiger partial charge in [0.2, 0.25) is 29.5 Å². The minimum atomic E-state index is -1.44. The number of carboxylic acids is 4. The number of aromatic nitrogens is 2. The molecule has 0 fully saturated rings. The number of H-pyrrole nitrogens is 1. The molecule has 0 radical (unpaired) electrons. The summed E-state index contributed by atoms with van der Waals surface area (Å²) < 4.78 is 21.4. The van der Waals surface area contributed by atoms with Gasteiger partial charge in [-0.2, -0.15) is 0 Å². The molecule has 0 aliphatic heterocycles. The highest BCUT2D eigenvalue weighted by Gasteiger charge is 2.26. The molecule has 1 aromatic heterocycles. The predicted molar refractivity (Wildman–Crippen MR) is 324 cm³/mol. The summed E-state index contributed by atoms with van der Waals surface area (Å²) in [6, 6.07) is -3.34. The largest absolute Gasteiger partial charge is 0.481 e. The topological polar surface area (TPSA) is 452 Å². The highest BCUT2D eigenvalue weighted by atomic mass is 16.5. The fourth-order valence-corrected chi connectivity index (χ4v) is 9.37. The number of amides is 5. The second-order valence-corrected chi connectivity index (χ2v) is 22.3. The zero-order chi connectivity index (χ0) is 65.9. The van der Waals surface area contributed by atoms with Crippen molar-refractivity contribution in [1.29, 1.82) is 0 Å². The summed E-state index contributed by atoms with van der Waals surface area (Å²) >= 11 is 0. The van der Waals surface area contributed by atoms with Crippen LogP contribution in [-0.4, -0.2) is 185 Å². The SMILES string of the molecule is NC(=O)[C@H](CCCCNC(=O)CC[C@H](NC(=O)CC[C@H](CC(=O)COCCOCCNC(=O)COCCOCCCC(=O)CC[C@H](NC(=O)CCCCCCCCCCCCCCCCC(=O)O)C(=O)O)C(=O)O)C(=O)O)CCC(=O)[C@@H](N)Cc1cnc[nH]1. The number of carboxylic acid groups (broad SMARTS) is 4. The van der Waals surface area contributed by atoms with Gasteiger partial charge in [-0.1, -0.05) is 83.5 Å². The van der Waals surface area contributed by atoms with Crippen molar-refractivity contribution in [2.24, 2.45) is 23.3 Å². The summed E-state index contributed by atoms with van der Waals surface area (Å²) in [7, 11) is 0. The van der Waals surface area contributed by atoms with E-state index in [1.807, 2.05) is 0 Å². The highest BCUT2D eigenvalue weighted by Crippen LogP contribution is 2.18. The van der Waals surface area contributed by atoms with E-state index in [4.69, 9.17) is 35.5 Å². The molecule has 506 valence electrons. The lowest BCUT2D eigenvalue weighted by Crippen LogP contribution is -2.42. The molecule has 0 saturated carbocycles. The third-order valence-corrected chi connectivity index (χ3v) is 14.6. The second-order valence-electron chi connectivity index (χ2n) is 22.3. The van der Waals surface area contributed by atoms with Crippen LogP contribution in [-0.2, 0) is 82.9 Å². The minimum Gasteiger partial charge on any atom is -0.481 e. The van der Waals surface area contributed by atoms with Gasteiger partial charge in [0.1, 0.15) is 36.9 Å². The molecule has 1 rings (SSSR count). The van der Waals surface area contributed by atoms with Gasteiger partial charge >= 0.3 is 23.9 Å². The number of nitrogens with two attached hydrogens (primary N) is 2. The van der Waals surface area contributed by atoms with Gasteiger partial charge in [-0.25, -0.2) is 14.6 Å². The monoisotopic (exact) mass is 1270 g/mol. The predicted octanol–water partition coefficient (Wildman–Crippen LogP) is 4.01. The summed E-state index contributed by atoms with van der Waals surface area (Å²) in [5, 5.41) is 47.7. The van der Waals surface area contributed by atoms with E-state index < -0.39 is 103 Å². The molecule has 0 bridgehead atoms. The van der Waals surface area contributed by atoms with E-state index in [0.29, 0.717) is 37.8 Å². The number of imidazole rings is 1. The molecule has 89 heavy (non-hydrogen) atoms. The average molecular weight is 1270 g/mol. The van der Waals surface area contributed by atoms with Crippen LogP contribution in [0.15, 0.2) is 12.5 Å². The minimum absolute atomic E-state index is 0.000979. The lowest BCUT2D eigenvalue weighted by molar-refractivity contribution is -0.145. The zero-order valence-electron chi connectivity index (χ0n) is 52.0. The fraction of sp³-hybridized carbons (Fsp3) is 0.754. The number of carbonyl (C=O) groups is 12. The van der Waals surface area contributed by atoms with Crippen LogP contribution in [0, 0.1) is 11.8 Å². The summed E-state index contributed by atoms with van der Waals surface area (Å²) in [6.07, 6.45) is 19.2. The molecule has 0 unspecified atom stereocenters. The van der Waals surface area contributed by atoms with Gasteiger partial charge in [-0.3, -0.25) is 47.9 Å². The van der Waals surface area contributed by atoms with Crippen molar-refractivity contribution in [1.82, 2.24) is 31.2 Å². The first-order valence-corrected chi connectivity index (χ1v) is 31.6. The maximum absolute atomic E-state index is 12.6. The Morgan fingerprint density at radius 2 is 0.978 bits per heavy atom. The molecule has 1 heterocycles. The summed E-state index contributed by atoms with van der Waals surface area (Å²) in [6.45, 7) is 0.390. The number of aromatic amines is 1. The number of nitrogens with one attached hydrogen (secondary N) is 5. The van der Waals surface area contributed by atoms with Crippen LogP contribution in [0.25, 0.3) is 0 Å². The lowest BCUT2D eigenvalue weighted by atomic mass is 9.93. The maximum atomic E-state index is 12.6. The number of ether oxygens (including phenoxy) is 4. The number of Topliss-reactive ketones (excluding diaryl/α,β-unsaturated/α-hetero) is 3. The van der Waals surface area contributed by atoms with E-state index in [1.165, 1.54) is 38.4 Å². The smallest absolute Gasteiger partial charge is 0.326 e. The number of ketones is 3. The summed E-state index contributed by atoms with van der Waals surface area (Å²) in [5.74, 6) is -9.95. The average Bonchev–Trinajstić information content (AvgIpc) is 4.04. The molecule has 28 nitrogen and oxygen atoms in total. The Hall–Kier alpha value is -6.75. The number of aliphatic carboxylic acids is 4. The van der Waals surface area contributed by atoms with Gasteiger partial charge in [-0.05, 0) is 57.8 Å². The number of rotatable bonds is 62. The zero-order valence-corrected chi connectivity index (χ0v) is 52.0. The van der Waals surface area contributed by atoms with Crippen LogP contribution in [0.1, 0.15) is 198 Å². The Bertz CT molecular complexity index is 2240. The first kappa shape index (κ1) is 80.3. The van der Waals surface area contributed by atoms with E-state index in [2.05, 4.69) is 31.2 Å². The van der Waals surface area contributed by atoms with Crippen molar-refractivity contribution in [2.45, 2.75) is 217 Å².